The highest BCUT2D eigenvalue weighted by molar-refractivity contribution is 5.32. The molecule has 0 aliphatic carbocycles. The van der Waals surface area contributed by atoms with Crippen LogP contribution in [0, 0.1) is 5.95 Å². The van der Waals surface area contributed by atoms with Gasteiger partial charge in [0.2, 0.25) is 5.95 Å². The summed E-state index contributed by atoms with van der Waals surface area (Å²) in [5.41, 5.74) is -0.0769. The summed E-state index contributed by atoms with van der Waals surface area (Å²) in [6.07, 6.45) is 2.47. The van der Waals surface area contributed by atoms with Gasteiger partial charge in [0, 0.05) is 5.54 Å². The van der Waals surface area contributed by atoms with Crippen LogP contribution in [0.2, 0.25) is 0 Å². The van der Waals surface area contributed by atoms with E-state index in [1.807, 2.05) is 20.8 Å². The molecule has 0 spiro atoms. The lowest BCUT2D eigenvalue weighted by molar-refractivity contribution is 0.573. The van der Waals surface area contributed by atoms with Crippen molar-refractivity contribution < 1.29 is 4.39 Å². The van der Waals surface area contributed by atoms with Crippen LogP contribution < -0.4 is 5.32 Å². The van der Waals surface area contributed by atoms with Gasteiger partial charge in [-0.25, -0.2) is 9.97 Å². The fourth-order valence-electron chi connectivity index (χ4n) is 0.761. The Morgan fingerprint density at radius 2 is 1.92 bits per heavy atom. The SMILES string of the molecule is CC(C)(C)Nc1cnc(F)cn1. The lowest BCUT2D eigenvalue weighted by Gasteiger charge is -2.20. The van der Waals surface area contributed by atoms with Crippen LogP contribution in [0.4, 0.5) is 10.2 Å². The average molecular weight is 169 g/mol. The Hall–Kier alpha value is -1.19. The standard InChI is InChI=1S/C8H12FN3/c1-8(2,3)12-7-5-10-6(9)4-11-7/h4-5H,1-3H3,(H,11,12). The van der Waals surface area contributed by atoms with Crippen molar-refractivity contribution in [3.05, 3.63) is 18.3 Å². The summed E-state index contributed by atoms with van der Waals surface area (Å²) < 4.78 is 12.3. The van der Waals surface area contributed by atoms with Gasteiger partial charge < -0.3 is 5.32 Å². The summed E-state index contributed by atoms with van der Waals surface area (Å²) in [6, 6.07) is 0. The molecule has 0 aliphatic heterocycles. The van der Waals surface area contributed by atoms with E-state index in [4.69, 9.17) is 0 Å². The molecule has 1 aromatic rings. The monoisotopic (exact) mass is 169 g/mol. The van der Waals surface area contributed by atoms with E-state index < -0.39 is 5.95 Å². The molecule has 0 unspecified atom stereocenters. The van der Waals surface area contributed by atoms with Gasteiger partial charge in [-0.1, -0.05) is 0 Å². The van der Waals surface area contributed by atoms with Gasteiger partial charge in [0.05, 0.1) is 12.4 Å². The maximum Gasteiger partial charge on any atom is 0.231 e. The lowest BCUT2D eigenvalue weighted by Crippen LogP contribution is -2.26. The molecule has 0 radical (unpaired) electrons. The van der Waals surface area contributed by atoms with Crippen molar-refractivity contribution in [3.63, 3.8) is 0 Å². The van der Waals surface area contributed by atoms with Crippen molar-refractivity contribution >= 4 is 5.82 Å². The number of anilines is 1. The van der Waals surface area contributed by atoms with Gasteiger partial charge in [-0.15, -0.1) is 0 Å². The van der Waals surface area contributed by atoms with E-state index in [1.165, 1.54) is 6.20 Å². The molecule has 0 bridgehead atoms. The molecule has 0 saturated carbocycles. The van der Waals surface area contributed by atoms with Crippen molar-refractivity contribution in [2.45, 2.75) is 26.3 Å². The van der Waals surface area contributed by atoms with E-state index in [0.717, 1.165) is 6.20 Å². The molecular weight excluding hydrogens is 157 g/mol. The third-order valence-electron chi connectivity index (χ3n) is 1.12. The molecule has 66 valence electrons. The van der Waals surface area contributed by atoms with Crippen LogP contribution in [-0.4, -0.2) is 15.5 Å². The molecular formula is C8H12FN3. The Labute approximate surface area is 71.0 Å². The van der Waals surface area contributed by atoms with Crippen LogP contribution in [0.3, 0.4) is 0 Å². The van der Waals surface area contributed by atoms with E-state index >= 15 is 0 Å². The minimum Gasteiger partial charge on any atom is -0.364 e. The number of hydrogen-bond acceptors (Lipinski definition) is 3. The van der Waals surface area contributed by atoms with E-state index in [9.17, 15) is 4.39 Å². The molecule has 0 amide bonds. The summed E-state index contributed by atoms with van der Waals surface area (Å²) in [5, 5.41) is 3.07. The first-order valence-electron chi connectivity index (χ1n) is 3.73. The van der Waals surface area contributed by atoms with Crippen LogP contribution in [0.25, 0.3) is 0 Å². The van der Waals surface area contributed by atoms with Gasteiger partial charge in [-0.05, 0) is 20.8 Å². The summed E-state index contributed by atoms with van der Waals surface area (Å²) in [4.78, 5) is 7.29. The molecule has 1 rings (SSSR count). The van der Waals surface area contributed by atoms with Crippen LogP contribution >= 0.6 is 0 Å². The van der Waals surface area contributed by atoms with Crippen LogP contribution in [0.15, 0.2) is 12.4 Å². The number of aromatic nitrogens is 2. The Morgan fingerprint density at radius 3 is 2.33 bits per heavy atom. The van der Waals surface area contributed by atoms with Crippen molar-refractivity contribution in [1.82, 2.24) is 9.97 Å². The smallest absolute Gasteiger partial charge is 0.231 e. The Bertz CT molecular complexity index is 250. The Kier molecular flexibility index (Phi) is 2.26. The minimum absolute atomic E-state index is 0.0769. The largest absolute Gasteiger partial charge is 0.364 e. The molecule has 0 aromatic carbocycles. The first-order valence-corrected chi connectivity index (χ1v) is 3.73. The third kappa shape index (κ3) is 2.82. The number of nitrogens with zero attached hydrogens (tertiary/aromatic N) is 2. The second-order valence-corrected chi connectivity index (χ2v) is 3.60. The molecule has 1 N–H and O–H groups in total. The average Bonchev–Trinajstić information content (AvgIpc) is 1.91. The van der Waals surface area contributed by atoms with E-state index in [1.54, 1.807) is 0 Å². The highest BCUT2D eigenvalue weighted by Crippen LogP contribution is 2.09. The second-order valence-electron chi connectivity index (χ2n) is 3.60. The first-order chi connectivity index (χ1) is 5.47. The fourth-order valence-corrected chi connectivity index (χ4v) is 0.761. The van der Waals surface area contributed by atoms with Gasteiger partial charge in [0.15, 0.2) is 0 Å². The quantitative estimate of drug-likeness (QED) is 0.696. The van der Waals surface area contributed by atoms with Gasteiger partial charge in [-0.3, -0.25) is 0 Å². The topological polar surface area (TPSA) is 37.8 Å². The van der Waals surface area contributed by atoms with Gasteiger partial charge in [0.1, 0.15) is 5.82 Å². The maximum atomic E-state index is 12.3. The second kappa shape index (κ2) is 3.05. The molecule has 1 heterocycles. The van der Waals surface area contributed by atoms with Crippen molar-refractivity contribution in [1.29, 1.82) is 0 Å². The van der Waals surface area contributed by atoms with E-state index in [2.05, 4.69) is 15.3 Å². The zero-order valence-electron chi connectivity index (χ0n) is 7.43. The predicted octanol–water partition coefficient (Wildman–Crippen LogP) is 1.83. The zero-order valence-corrected chi connectivity index (χ0v) is 7.43. The lowest BCUT2D eigenvalue weighted by atomic mass is 10.1. The summed E-state index contributed by atoms with van der Waals surface area (Å²) in [7, 11) is 0. The normalized spacial score (nSPS) is 11.3. The van der Waals surface area contributed by atoms with Gasteiger partial charge >= 0.3 is 0 Å². The number of nitrogens with one attached hydrogen (secondary N) is 1. The molecule has 0 aliphatic rings. The molecule has 12 heavy (non-hydrogen) atoms. The van der Waals surface area contributed by atoms with E-state index in [0.29, 0.717) is 5.82 Å². The summed E-state index contributed by atoms with van der Waals surface area (Å²) in [5.74, 6) is 0.0263. The fraction of sp³-hybridized carbons (Fsp3) is 0.500. The van der Waals surface area contributed by atoms with E-state index in [-0.39, 0.29) is 5.54 Å². The van der Waals surface area contributed by atoms with Crippen LogP contribution in [0.1, 0.15) is 20.8 Å². The maximum absolute atomic E-state index is 12.3. The number of rotatable bonds is 1. The molecule has 1 aromatic heterocycles. The molecule has 3 nitrogen and oxygen atoms in total. The minimum atomic E-state index is -0.561. The van der Waals surface area contributed by atoms with Gasteiger partial charge in [-0.2, -0.15) is 4.39 Å². The predicted molar refractivity (Wildman–Crippen MR) is 45.4 cm³/mol. The zero-order chi connectivity index (χ0) is 9.19. The van der Waals surface area contributed by atoms with Crippen molar-refractivity contribution in [3.8, 4) is 0 Å². The summed E-state index contributed by atoms with van der Waals surface area (Å²) >= 11 is 0. The van der Waals surface area contributed by atoms with Crippen molar-refractivity contribution in [2.24, 2.45) is 0 Å². The number of halogens is 1. The Morgan fingerprint density at radius 1 is 1.25 bits per heavy atom. The van der Waals surface area contributed by atoms with Crippen LogP contribution in [0.5, 0.6) is 0 Å². The molecule has 0 saturated heterocycles. The molecule has 0 fully saturated rings. The Balaban J connectivity index is 2.71. The third-order valence-corrected chi connectivity index (χ3v) is 1.12. The molecule has 4 heteroatoms. The van der Waals surface area contributed by atoms with Crippen molar-refractivity contribution in [2.75, 3.05) is 5.32 Å². The molecule has 0 atom stereocenters. The summed E-state index contributed by atoms with van der Waals surface area (Å²) in [6.45, 7) is 5.99. The highest BCUT2D eigenvalue weighted by atomic mass is 19.1. The van der Waals surface area contributed by atoms with Gasteiger partial charge in [0.25, 0.3) is 0 Å². The highest BCUT2D eigenvalue weighted by Gasteiger charge is 2.09. The first kappa shape index (κ1) is 8.90. The van der Waals surface area contributed by atoms with Crippen LogP contribution in [-0.2, 0) is 0 Å². The number of hydrogen-bond donors (Lipinski definition) is 1.